The van der Waals surface area contributed by atoms with E-state index in [0.717, 1.165) is 39.0 Å². The molecule has 0 bridgehead atoms. The minimum atomic E-state index is -1.58. The Labute approximate surface area is 148 Å². The lowest BCUT2D eigenvalue weighted by molar-refractivity contribution is -0.160. The van der Waals surface area contributed by atoms with Crippen molar-refractivity contribution in [2.24, 2.45) is 0 Å². The van der Waals surface area contributed by atoms with Gasteiger partial charge in [0.2, 0.25) is 5.54 Å². The van der Waals surface area contributed by atoms with Gasteiger partial charge in [-0.25, -0.2) is 4.79 Å². The molecule has 136 valence electrons. The number of carboxylic acid groups (broad SMARTS) is 1. The maximum atomic E-state index is 12.5. The SMILES string of the molecule is CC(=O)C(C(=O)O)(c1ccccc1)N1CCN(C2CCNCC2)CC1. The third-order valence-electron chi connectivity index (χ3n) is 5.62. The van der Waals surface area contributed by atoms with Crippen molar-refractivity contribution in [1.82, 2.24) is 15.1 Å². The summed E-state index contributed by atoms with van der Waals surface area (Å²) in [5.41, 5.74) is -1.04. The number of hydrogen-bond donors (Lipinski definition) is 2. The lowest BCUT2D eigenvalue weighted by atomic mass is 9.83. The standard InChI is InChI=1S/C19H27N3O3/c1-15(23)19(18(24)25,16-5-3-2-4-6-16)22-13-11-21(12-14-22)17-7-9-20-10-8-17/h2-6,17,20H,7-14H2,1H3,(H,24,25). The molecule has 25 heavy (non-hydrogen) atoms. The first kappa shape index (κ1) is 18.0. The number of benzene rings is 1. The molecule has 2 heterocycles. The monoisotopic (exact) mass is 345 g/mol. The Morgan fingerprint density at radius 3 is 2.20 bits per heavy atom. The summed E-state index contributed by atoms with van der Waals surface area (Å²) in [6.45, 7) is 6.26. The number of carbonyl (C=O) groups excluding carboxylic acids is 1. The topological polar surface area (TPSA) is 72.9 Å². The average molecular weight is 345 g/mol. The number of carbonyl (C=O) groups is 2. The zero-order valence-electron chi connectivity index (χ0n) is 14.8. The van der Waals surface area contributed by atoms with Crippen molar-refractivity contribution in [2.45, 2.75) is 31.3 Å². The number of piperidine rings is 1. The van der Waals surface area contributed by atoms with Crippen molar-refractivity contribution in [3.8, 4) is 0 Å². The summed E-state index contributed by atoms with van der Waals surface area (Å²) in [5, 5.41) is 13.4. The molecule has 2 N–H and O–H groups in total. The summed E-state index contributed by atoms with van der Waals surface area (Å²) in [7, 11) is 0. The van der Waals surface area contributed by atoms with Gasteiger partial charge in [0.05, 0.1) is 0 Å². The molecule has 2 aliphatic heterocycles. The fraction of sp³-hybridized carbons (Fsp3) is 0.579. The lowest BCUT2D eigenvalue weighted by Gasteiger charge is -2.46. The number of piperazine rings is 1. The Morgan fingerprint density at radius 2 is 1.68 bits per heavy atom. The largest absolute Gasteiger partial charge is 0.479 e. The summed E-state index contributed by atoms with van der Waals surface area (Å²) in [6, 6.07) is 9.48. The number of Topliss-reactive ketones (excluding diaryl/α,β-unsaturated/α-hetero) is 1. The molecule has 3 rings (SSSR count). The Hall–Kier alpha value is -1.76. The normalized spacial score (nSPS) is 23.1. The van der Waals surface area contributed by atoms with E-state index in [1.54, 1.807) is 24.3 Å². The third-order valence-corrected chi connectivity index (χ3v) is 5.62. The first-order valence-electron chi connectivity index (χ1n) is 9.06. The number of carboxylic acids is 1. The zero-order valence-corrected chi connectivity index (χ0v) is 14.8. The molecule has 6 nitrogen and oxygen atoms in total. The molecule has 1 unspecified atom stereocenters. The predicted molar refractivity (Wildman–Crippen MR) is 95.5 cm³/mol. The number of nitrogens with one attached hydrogen (secondary N) is 1. The molecule has 1 atom stereocenters. The van der Waals surface area contributed by atoms with E-state index in [1.165, 1.54) is 6.92 Å². The van der Waals surface area contributed by atoms with Gasteiger partial charge in [0.25, 0.3) is 0 Å². The van der Waals surface area contributed by atoms with Crippen molar-refractivity contribution in [2.75, 3.05) is 39.3 Å². The molecule has 2 aliphatic rings. The predicted octanol–water partition coefficient (Wildman–Crippen LogP) is 0.925. The second kappa shape index (κ2) is 7.64. The highest BCUT2D eigenvalue weighted by atomic mass is 16.4. The van der Waals surface area contributed by atoms with E-state index in [9.17, 15) is 14.7 Å². The minimum absolute atomic E-state index is 0.332. The Bertz CT molecular complexity index is 592. The molecule has 1 aromatic carbocycles. The maximum Gasteiger partial charge on any atom is 0.336 e. The van der Waals surface area contributed by atoms with Gasteiger partial charge >= 0.3 is 5.97 Å². The van der Waals surface area contributed by atoms with E-state index < -0.39 is 11.5 Å². The van der Waals surface area contributed by atoms with Crippen LogP contribution in [0.25, 0.3) is 0 Å². The number of ketones is 1. The van der Waals surface area contributed by atoms with Gasteiger partial charge in [0, 0.05) is 32.2 Å². The summed E-state index contributed by atoms with van der Waals surface area (Å²) in [4.78, 5) is 29.1. The van der Waals surface area contributed by atoms with Gasteiger partial charge in [-0.2, -0.15) is 0 Å². The molecular weight excluding hydrogens is 318 g/mol. The highest BCUT2D eigenvalue weighted by molar-refractivity contribution is 6.07. The number of rotatable bonds is 5. The number of nitrogens with zero attached hydrogens (tertiary/aromatic N) is 2. The molecule has 0 aliphatic carbocycles. The molecule has 0 aromatic heterocycles. The van der Waals surface area contributed by atoms with Crippen molar-refractivity contribution in [3.63, 3.8) is 0 Å². The van der Waals surface area contributed by atoms with E-state index >= 15 is 0 Å². The van der Waals surface area contributed by atoms with Crippen LogP contribution in [0.2, 0.25) is 0 Å². The van der Waals surface area contributed by atoms with Gasteiger partial charge in [0.1, 0.15) is 0 Å². The van der Waals surface area contributed by atoms with E-state index in [4.69, 9.17) is 0 Å². The quantitative estimate of drug-likeness (QED) is 0.774. The van der Waals surface area contributed by atoms with Crippen LogP contribution in [0.5, 0.6) is 0 Å². The van der Waals surface area contributed by atoms with E-state index in [-0.39, 0.29) is 5.78 Å². The highest BCUT2D eigenvalue weighted by Gasteiger charge is 2.51. The first-order valence-corrected chi connectivity index (χ1v) is 9.06. The van der Waals surface area contributed by atoms with Crippen molar-refractivity contribution in [1.29, 1.82) is 0 Å². The maximum absolute atomic E-state index is 12.5. The zero-order chi connectivity index (χ0) is 17.9. The van der Waals surface area contributed by atoms with Crippen LogP contribution in [0.15, 0.2) is 30.3 Å². The average Bonchev–Trinajstić information content (AvgIpc) is 2.64. The van der Waals surface area contributed by atoms with Crippen LogP contribution in [0, 0.1) is 0 Å². The third kappa shape index (κ3) is 3.34. The second-order valence-electron chi connectivity index (χ2n) is 6.94. The van der Waals surface area contributed by atoms with Gasteiger partial charge in [-0.1, -0.05) is 30.3 Å². The molecule has 0 spiro atoms. The summed E-state index contributed by atoms with van der Waals surface area (Å²) < 4.78 is 0. The molecular formula is C19H27N3O3. The van der Waals surface area contributed by atoms with Gasteiger partial charge in [-0.3, -0.25) is 14.6 Å². The molecule has 0 radical (unpaired) electrons. The molecule has 1 aromatic rings. The van der Waals surface area contributed by atoms with Gasteiger partial charge < -0.3 is 10.4 Å². The van der Waals surface area contributed by atoms with Gasteiger partial charge in [-0.05, 0) is 38.4 Å². The summed E-state index contributed by atoms with van der Waals surface area (Å²) >= 11 is 0. The fourth-order valence-electron chi connectivity index (χ4n) is 4.29. The van der Waals surface area contributed by atoms with Crippen LogP contribution in [-0.4, -0.2) is 72.0 Å². The lowest BCUT2D eigenvalue weighted by Crippen LogP contribution is -2.63. The van der Waals surface area contributed by atoms with Crippen LogP contribution in [0.4, 0.5) is 0 Å². The number of aliphatic carboxylic acids is 1. The Kier molecular flexibility index (Phi) is 5.51. The Morgan fingerprint density at radius 1 is 1.08 bits per heavy atom. The smallest absolute Gasteiger partial charge is 0.336 e. The van der Waals surface area contributed by atoms with Crippen LogP contribution in [-0.2, 0) is 15.1 Å². The summed E-state index contributed by atoms with van der Waals surface area (Å²) in [6.07, 6.45) is 2.27. The van der Waals surface area contributed by atoms with Crippen LogP contribution in [0.1, 0.15) is 25.3 Å². The Balaban J connectivity index is 1.81. The molecule has 6 heteroatoms. The van der Waals surface area contributed by atoms with Gasteiger partial charge in [0.15, 0.2) is 5.78 Å². The minimum Gasteiger partial charge on any atom is -0.479 e. The molecule has 0 saturated carbocycles. The van der Waals surface area contributed by atoms with Crippen molar-refractivity contribution < 1.29 is 14.7 Å². The summed E-state index contributed by atoms with van der Waals surface area (Å²) in [5.74, 6) is -1.41. The van der Waals surface area contributed by atoms with E-state index in [2.05, 4.69) is 10.2 Å². The molecule has 2 saturated heterocycles. The highest BCUT2D eigenvalue weighted by Crippen LogP contribution is 2.32. The first-order chi connectivity index (χ1) is 12.1. The van der Waals surface area contributed by atoms with E-state index in [0.29, 0.717) is 24.7 Å². The fourth-order valence-corrected chi connectivity index (χ4v) is 4.29. The number of hydrogen-bond acceptors (Lipinski definition) is 5. The van der Waals surface area contributed by atoms with Crippen molar-refractivity contribution in [3.05, 3.63) is 35.9 Å². The molecule has 0 amide bonds. The van der Waals surface area contributed by atoms with Crippen LogP contribution in [0.3, 0.4) is 0 Å². The van der Waals surface area contributed by atoms with Gasteiger partial charge in [-0.15, -0.1) is 0 Å². The van der Waals surface area contributed by atoms with Crippen LogP contribution < -0.4 is 5.32 Å². The molecule has 2 fully saturated rings. The van der Waals surface area contributed by atoms with Crippen LogP contribution >= 0.6 is 0 Å². The second-order valence-corrected chi connectivity index (χ2v) is 6.94. The van der Waals surface area contributed by atoms with Crippen molar-refractivity contribution >= 4 is 11.8 Å². The van der Waals surface area contributed by atoms with E-state index in [1.807, 2.05) is 11.0 Å².